The lowest BCUT2D eigenvalue weighted by atomic mass is 9.97. The smallest absolute Gasteiger partial charge is 0.416 e. The maximum absolute atomic E-state index is 13.1. The van der Waals surface area contributed by atoms with Crippen LogP contribution in [0.3, 0.4) is 0 Å². The molecule has 0 aliphatic carbocycles. The summed E-state index contributed by atoms with van der Waals surface area (Å²) in [6, 6.07) is 19.8. The van der Waals surface area contributed by atoms with Crippen LogP contribution >= 0.6 is 0 Å². The van der Waals surface area contributed by atoms with E-state index in [0.29, 0.717) is 0 Å². The van der Waals surface area contributed by atoms with Crippen LogP contribution in [0.2, 0.25) is 0 Å². The number of hydrogen-bond acceptors (Lipinski definition) is 4. The van der Waals surface area contributed by atoms with Crippen LogP contribution in [-0.2, 0) is 15.8 Å². The lowest BCUT2D eigenvalue weighted by Gasteiger charge is -2.17. The van der Waals surface area contributed by atoms with Gasteiger partial charge in [-0.05, 0) is 35.9 Å². The molecular weight excluding hydrogens is 385 g/mol. The Morgan fingerprint density at radius 1 is 0.690 bits per heavy atom. The topological polar surface area (TPSA) is 52.6 Å². The van der Waals surface area contributed by atoms with E-state index >= 15 is 0 Å². The summed E-state index contributed by atoms with van der Waals surface area (Å²) in [4.78, 5) is 25.4. The van der Waals surface area contributed by atoms with Crippen molar-refractivity contribution in [2.45, 2.75) is 12.1 Å². The van der Waals surface area contributed by atoms with Crippen molar-refractivity contribution in [3.63, 3.8) is 0 Å². The summed E-state index contributed by atoms with van der Waals surface area (Å²) in [7, 11) is 0. The fourth-order valence-corrected chi connectivity index (χ4v) is 2.59. The van der Waals surface area contributed by atoms with Gasteiger partial charge in [0.1, 0.15) is 11.5 Å². The minimum Gasteiger partial charge on any atom is -0.426 e. The molecule has 0 atom stereocenters. The molecule has 0 aromatic heterocycles. The number of carbonyl (C=O) groups is 2. The van der Waals surface area contributed by atoms with Gasteiger partial charge < -0.3 is 9.47 Å². The summed E-state index contributed by atoms with van der Waals surface area (Å²) in [6.45, 7) is 0. The number of carbonyl (C=O) groups excluding carboxylic acids is 2. The summed E-state index contributed by atoms with van der Waals surface area (Å²) >= 11 is 0. The second-order valence-electron chi connectivity index (χ2n) is 6.02. The number of benzene rings is 3. The average molecular weight is 400 g/mol. The largest absolute Gasteiger partial charge is 0.426 e. The maximum atomic E-state index is 13.1. The Balaban J connectivity index is 1.94. The molecule has 0 saturated carbocycles. The lowest BCUT2D eigenvalue weighted by molar-refractivity contribution is -0.147. The first kappa shape index (κ1) is 20.1. The molecule has 0 bridgehead atoms. The first-order valence-electron chi connectivity index (χ1n) is 8.55. The summed E-state index contributed by atoms with van der Waals surface area (Å²) in [5, 5.41) is 0. The molecule has 0 spiro atoms. The van der Waals surface area contributed by atoms with E-state index in [1.54, 1.807) is 36.4 Å². The maximum Gasteiger partial charge on any atom is 0.416 e. The number of para-hydroxylation sites is 2. The van der Waals surface area contributed by atoms with Crippen LogP contribution in [0.25, 0.3) is 0 Å². The Morgan fingerprint density at radius 3 is 1.62 bits per heavy atom. The van der Waals surface area contributed by atoms with Gasteiger partial charge in [0, 0.05) is 0 Å². The van der Waals surface area contributed by atoms with Crippen molar-refractivity contribution in [3.05, 3.63) is 96.1 Å². The van der Waals surface area contributed by atoms with Gasteiger partial charge in [-0.1, -0.05) is 54.6 Å². The van der Waals surface area contributed by atoms with Gasteiger partial charge in [-0.3, -0.25) is 9.59 Å². The fourth-order valence-electron chi connectivity index (χ4n) is 2.59. The number of ether oxygens (including phenoxy) is 2. The quantitative estimate of drug-likeness (QED) is 0.344. The van der Waals surface area contributed by atoms with Gasteiger partial charge in [0.2, 0.25) is 0 Å². The van der Waals surface area contributed by atoms with Gasteiger partial charge in [-0.25, -0.2) is 0 Å². The molecular formula is C22H15F3O4. The molecule has 0 fully saturated rings. The van der Waals surface area contributed by atoms with Crippen molar-refractivity contribution < 1.29 is 32.2 Å². The SMILES string of the molecule is O=C(Oc1ccccc1)C(C(=O)Oc1ccccc1)c1cccc(C(F)(F)F)c1. The Hall–Kier alpha value is -3.61. The molecule has 3 rings (SSSR count). The zero-order valence-corrected chi connectivity index (χ0v) is 14.9. The van der Waals surface area contributed by atoms with E-state index in [4.69, 9.17) is 9.47 Å². The van der Waals surface area contributed by atoms with E-state index in [2.05, 4.69) is 0 Å². The Morgan fingerprint density at radius 2 is 1.17 bits per heavy atom. The Labute approximate surface area is 164 Å². The van der Waals surface area contributed by atoms with Crippen LogP contribution in [-0.4, -0.2) is 11.9 Å². The van der Waals surface area contributed by atoms with Gasteiger partial charge in [0.05, 0.1) is 5.56 Å². The third-order valence-corrected chi connectivity index (χ3v) is 3.94. The summed E-state index contributed by atoms with van der Waals surface area (Å²) in [6.07, 6.45) is -4.63. The van der Waals surface area contributed by atoms with E-state index < -0.39 is 29.6 Å². The third kappa shape index (κ3) is 5.22. The number of esters is 2. The molecule has 7 heteroatoms. The normalized spacial score (nSPS) is 11.2. The molecule has 148 valence electrons. The molecule has 0 saturated heterocycles. The van der Waals surface area contributed by atoms with E-state index in [1.807, 2.05) is 0 Å². The van der Waals surface area contributed by atoms with Crippen molar-refractivity contribution in [3.8, 4) is 11.5 Å². The van der Waals surface area contributed by atoms with E-state index in [-0.39, 0.29) is 17.1 Å². The number of hydrogen-bond donors (Lipinski definition) is 0. The van der Waals surface area contributed by atoms with Crippen molar-refractivity contribution in [1.29, 1.82) is 0 Å². The first-order valence-corrected chi connectivity index (χ1v) is 8.55. The molecule has 0 N–H and O–H groups in total. The van der Waals surface area contributed by atoms with Gasteiger partial charge in [0.25, 0.3) is 0 Å². The molecule has 0 unspecified atom stereocenters. The van der Waals surface area contributed by atoms with Crippen LogP contribution in [0.4, 0.5) is 13.2 Å². The van der Waals surface area contributed by atoms with E-state index in [0.717, 1.165) is 18.2 Å². The lowest BCUT2D eigenvalue weighted by Crippen LogP contribution is -2.30. The van der Waals surface area contributed by atoms with Gasteiger partial charge in [-0.15, -0.1) is 0 Å². The number of halogens is 3. The predicted octanol–water partition coefficient (Wildman–Crippen LogP) is 5.00. The molecule has 29 heavy (non-hydrogen) atoms. The van der Waals surface area contributed by atoms with Crippen molar-refractivity contribution >= 4 is 11.9 Å². The fraction of sp³-hybridized carbons (Fsp3) is 0.0909. The van der Waals surface area contributed by atoms with Gasteiger partial charge in [-0.2, -0.15) is 13.2 Å². The van der Waals surface area contributed by atoms with Gasteiger partial charge >= 0.3 is 18.1 Å². The molecule has 0 aliphatic rings. The molecule has 4 nitrogen and oxygen atoms in total. The van der Waals surface area contributed by atoms with E-state index in [1.165, 1.54) is 30.3 Å². The van der Waals surface area contributed by atoms with Crippen molar-refractivity contribution in [2.75, 3.05) is 0 Å². The van der Waals surface area contributed by atoms with Gasteiger partial charge in [0.15, 0.2) is 5.92 Å². The molecule has 0 radical (unpaired) electrons. The highest BCUT2D eigenvalue weighted by Gasteiger charge is 2.36. The van der Waals surface area contributed by atoms with Crippen molar-refractivity contribution in [1.82, 2.24) is 0 Å². The van der Waals surface area contributed by atoms with Crippen LogP contribution in [0.5, 0.6) is 11.5 Å². The van der Waals surface area contributed by atoms with Crippen LogP contribution < -0.4 is 9.47 Å². The third-order valence-electron chi connectivity index (χ3n) is 3.94. The van der Waals surface area contributed by atoms with Crippen LogP contribution in [0, 0.1) is 0 Å². The highest BCUT2D eigenvalue weighted by atomic mass is 19.4. The van der Waals surface area contributed by atoms with E-state index in [9.17, 15) is 22.8 Å². The molecule has 3 aromatic carbocycles. The zero-order chi connectivity index (χ0) is 20.9. The van der Waals surface area contributed by atoms with Crippen LogP contribution in [0.1, 0.15) is 17.0 Å². The minimum atomic E-state index is -4.63. The minimum absolute atomic E-state index is 0.155. The molecule has 3 aromatic rings. The summed E-state index contributed by atoms with van der Waals surface area (Å²) in [5.41, 5.74) is -1.17. The molecule has 0 aliphatic heterocycles. The second-order valence-corrected chi connectivity index (χ2v) is 6.02. The number of alkyl halides is 3. The number of rotatable bonds is 5. The summed E-state index contributed by atoms with van der Waals surface area (Å²) in [5.74, 6) is -3.48. The average Bonchev–Trinajstić information content (AvgIpc) is 2.69. The van der Waals surface area contributed by atoms with Crippen molar-refractivity contribution in [2.24, 2.45) is 0 Å². The second kappa shape index (κ2) is 8.60. The van der Waals surface area contributed by atoms with Crippen LogP contribution in [0.15, 0.2) is 84.9 Å². The highest BCUT2D eigenvalue weighted by Crippen LogP contribution is 2.32. The Kier molecular flexibility index (Phi) is 5.97. The zero-order valence-electron chi connectivity index (χ0n) is 14.9. The monoisotopic (exact) mass is 400 g/mol. The molecule has 0 amide bonds. The molecule has 0 heterocycles. The summed E-state index contributed by atoms with van der Waals surface area (Å²) < 4.78 is 49.7. The Bertz CT molecular complexity index is 932. The predicted molar refractivity (Wildman–Crippen MR) is 98.3 cm³/mol. The first-order chi connectivity index (χ1) is 13.8. The highest BCUT2D eigenvalue weighted by molar-refractivity contribution is 6.02. The standard InChI is InChI=1S/C22H15F3O4/c23-22(24,25)16-9-7-8-15(14-16)19(20(26)28-17-10-3-1-4-11-17)21(27)29-18-12-5-2-6-13-18/h1-14,19H.